The van der Waals surface area contributed by atoms with Gasteiger partial charge in [-0.1, -0.05) is 26.7 Å². The van der Waals surface area contributed by atoms with Crippen molar-refractivity contribution in [3.05, 3.63) is 35.4 Å². The first kappa shape index (κ1) is 26.1. The Morgan fingerprint density at radius 1 is 1.19 bits per heavy atom. The minimum absolute atomic E-state index is 0.0502. The Kier molecular flexibility index (Phi) is 11.3. The number of nitrogens with zero attached hydrogens (tertiary/aromatic N) is 1. The van der Waals surface area contributed by atoms with E-state index in [0.717, 1.165) is 37.5 Å². The molecule has 31 heavy (non-hydrogen) atoms. The van der Waals surface area contributed by atoms with Gasteiger partial charge in [0.25, 0.3) is 0 Å². The topological polar surface area (TPSA) is 66.6 Å². The number of thioether (sulfide) groups is 1. The Morgan fingerprint density at radius 3 is 2.35 bits per heavy atom. The second kappa shape index (κ2) is 13.4. The fourth-order valence-electron chi connectivity index (χ4n) is 3.81. The normalized spacial score (nSPS) is 15.8. The summed E-state index contributed by atoms with van der Waals surface area (Å²) < 4.78 is 26.8. The Hall–Kier alpha value is -1.18. The van der Waals surface area contributed by atoms with Crippen molar-refractivity contribution in [3.8, 4) is 0 Å². The minimum atomic E-state index is -0.949. The molecule has 176 valence electrons. The number of nitrogens with two attached hydrogens (primary N) is 1. The summed E-state index contributed by atoms with van der Waals surface area (Å²) in [7, 11) is 0. The first-order valence-corrected chi connectivity index (χ1v) is 12.6. The number of hydrogen-bond acceptors (Lipinski definition) is 4. The van der Waals surface area contributed by atoms with Crippen molar-refractivity contribution < 1.29 is 18.7 Å². The minimum Gasteiger partial charge on any atom is -0.390 e. The predicted octanol–water partition coefficient (Wildman–Crippen LogP) is 4.53. The van der Waals surface area contributed by atoms with Gasteiger partial charge in [0.2, 0.25) is 5.91 Å². The lowest BCUT2D eigenvalue weighted by Gasteiger charge is -2.28. The Morgan fingerprint density at radius 2 is 1.81 bits per heavy atom. The molecular weight excluding hydrogens is 418 g/mol. The van der Waals surface area contributed by atoms with E-state index in [1.807, 2.05) is 11.8 Å². The fraction of sp³-hybridized carbons (Fsp3) is 0.708. The molecule has 2 atom stereocenters. The lowest BCUT2D eigenvalue weighted by Crippen LogP contribution is -2.47. The molecule has 1 aliphatic carbocycles. The highest BCUT2D eigenvalue weighted by molar-refractivity contribution is 7.99. The molecule has 1 amide bonds. The van der Waals surface area contributed by atoms with Crippen LogP contribution in [0.3, 0.4) is 0 Å². The van der Waals surface area contributed by atoms with Gasteiger partial charge in [0.15, 0.2) is 0 Å². The third-order valence-corrected chi connectivity index (χ3v) is 7.10. The molecule has 1 saturated carbocycles. The maximum Gasteiger partial charge on any atom is 0.223 e. The molecule has 1 aromatic carbocycles. The lowest BCUT2D eigenvalue weighted by atomic mass is 10.0. The van der Waals surface area contributed by atoms with Crippen LogP contribution in [0.1, 0.15) is 64.4 Å². The Labute approximate surface area is 190 Å². The van der Waals surface area contributed by atoms with E-state index in [9.17, 15) is 18.7 Å². The molecule has 3 N–H and O–H groups in total. The summed E-state index contributed by atoms with van der Waals surface area (Å²) >= 11 is 1.87. The molecule has 1 aromatic rings. The number of benzene rings is 1. The van der Waals surface area contributed by atoms with Gasteiger partial charge in [0.05, 0.1) is 6.10 Å². The van der Waals surface area contributed by atoms with E-state index in [2.05, 4.69) is 13.8 Å². The smallest absolute Gasteiger partial charge is 0.223 e. The fourth-order valence-corrected chi connectivity index (χ4v) is 5.24. The molecule has 0 aromatic heterocycles. The van der Waals surface area contributed by atoms with Crippen LogP contribution in [0.5, 0.6) is 0 Å². The van der Waals surface area contributed by atoms with Crippen molar-refractivity contribution >= 4 is 17.7 Å². The number of carbonyl (C=O) groups is 1. The lowest BCUT2D eigenvalue weighted by molar-refractivity contribution is -0.132. The molecule has 7 heteroatoms. The SMILES string of the molecule is CCCC(CCC)SCCC(=O)N(CC1CC1)C[C@@H](O)C(N)Cc1cc(F)cc(F)c1. The Balaban J connectivity index is 1.87. The summed E-state index contributed by atoms with van der Waals surface area (Å²) in [6.07, 6.45) is 6.52. The summed E-state index contributed by atoms with van der Waals surface area (Å²) in [6.45, 7) is 5.19. The summed E-state index contributed by atoms with van der Waals surface area (Å²) in [6, 6.07) is 2.56. The standard InChI is InChI=1S/C24H38F2N2O2S/c1-3-5-21(6-4-2)31-10-9-24(30)28(15-17-7-8-17)16-23(29)22(27)13-18-11-19(25)14-20(26)12-18/h11-12,14,17,21-23,29H,3-10,13,15-16,27H2,1-2H3/t22?,23-/m1/s1. The van der Waals surface area contributed by atoms with Crippen molar-refractivity contribution in [1.29, 1.82) is 0 Å². The molecule has 1 unspecified atom stereocenters. The summed E-state index contributed by atoms with van der Waals surface area (Å²) in [5, 5.41) is 11.2. The van der Waals surface area contributed by atoms with Gasteiger partial charge in [0.1, 0.15) is 11.6 Å². The second-order valence-corrected chi connectivity index (χ2v) is 10.2. The molecule has 0 radical (unpaired) electrons. The number of hydrogen-bond donors (Lipinski definition) is 2. The second-order valence-electron chi connectivity index (χ2n) is 8.78. The number of halogens is 2. The van der Waals surface area contributed by atoms with Crippen LogP contribution in [0.15, 0.2) is 18.2 Å². The number of carbonyl (C=O) groups excluding carboxylic acids is 1. The van der Waals surface area contributed by atoms with E-state index >= 15 is 0 Å². The van der Waals surface area contributed by atoms with Crippen LogP contribution in [0.25, 0.3) is 0 Å². The number of amides is 1. The molecule has 0 bridgehead atoms. The monoisotopic (exact) mass is 456 g/mol. The molecule has 2 rings (SSSR count). The van der Waals surface area contributed by atoms with Crippen LogP contribution in [0.4, 0.5) is 8.78 Å². The van der Waals surface area contributed by atoms with Crippen LogP contribution >= 0.6 is 11.8 Å². The maximum atomic E-state index is 13.4. The van der Waals surface area contributed by atoms with Gasteiger partial charge in [-0.2, -0.15) is 11.8 Å². The molecule has 0 aliphatic heterocycles. The highest BCUT2D eigenvalue weighted by atomic mass is 32.2. The summed E-state index contributed by atoms with van der Waals surface area (Å²) in [5.41, 5.74) is 6.52. The van der Waals surface area contributed by atoms with E-state index < -0.39 is 23.8 Å². The van der Waals surface area contributed by atoms with Gasteiger partial charge in [-0.3, -0.25) is 4.79 Å². The van der Waals surface area contributed by atoms with E-state index in [1.165, 1.54) is 25.0 Å². The van der Waals surface area contributed by atoms with E-state index in [0.29, 0.717) is 29.7 Å². The first-order valence-electron chi connectivity index (χ1n) is 11.6. The third-order valence-electron chi connectivity index (χ3n) is 5.71. The van der Waals surface area contributed by atoms with Gasteiger partial charge >= 0.3 is 0 Å². The highest BCUT2D eigenvalue weighted by Crippen LogP contribution is 2.30. The van der Waals surface area contributed by atoms with Crippen molar-refractivity contribution in [1.82, 2.24) is 4.90 Å². The molecule has 1 fully saturated rings. The van der Waals surface area contributed by atoms with Crippen LogP contribution < -0.4 is 5.73 Å². The number of aliphatic hydroxyl groups excluding tert-OH is 1. The largest absolute Gasteiger partial charge is 0.390 e. The molecule has 0 saturated heterocycles. The number of aliphatic hydroxyl groups is 1. The number of rotatable bonds is 15. The van der Waals surface area contributed by atoms with E-state index in [1.54, 1.807) is 4.90 Å². The van der Waals surface area contributed by atoms with Crippen molar-refractivity contribution in [2.24, 2.45) is 11.7 Å². The van der Waals surface area contributed by atoms with Gasteiger partial charge in [-0.05, 0) is 55.7 Å². The van der Waals surface area contributed by atoms with Crippen molar-refractivity contribution in [2.75, 3.05) is 18.8 Å². The van der Waals surface area contributed by atoms with Crippen LogP contribution in [0, 0.1) is 17.6 Å². The maximum absolute atomic E-state index is 13.4. The zero-order valence-corrected chi connectivity index (χ0v) is 19.7. The van der Waals surface area contributed by atoms with Gasteiger partial charge in [-0.25, -0.2) is 8.78 Å². The zero-order valence-electron chi connectivity index (χ0n) is 18.9. The predicted molar refractivity (Wildman–Crippen MR) is 124 cm³/mol. The van der Waals surface area contributed by atoms with Gasteiger partial charge in [-0.15, -0.1) is 0 Å². The van der Waals surface area contributed by atoms with E-state index in [4.69, 9.17) is 5.73 Å². The van der Waals surface area contributed by atoms with Crippen LogP contribution in [0.2, 0.25) is 0 Å². The summed E-state index contributed by atoms with van der Waals surface area (Å²) in [5.74, 6) is 0.0166. The van der Waals surface area contributed by atoms with E-state index in [-0.39, 0.29) is 18.9 Å². The third kappa shape index (κ3) is 9.87. The van der Waals surface area contributed by atoms with Crippen molar-refractivity contribution in [2.45, 2.75) is 82.6 Å². The molecule has 1 aliphatic rings. The highest BCUT2D eigenvalue weighted by Gasteiger charge is 2.29. The van der Waals surface area contributed by atoms with Crippen LogP contribution in [-0.2, 0) is 11.2 Å². The average molecular weight is 457 g/mol. The Bertz CT molecular complexity index is 661. The quantitative estimate of drug-likeness (QED) is 0.407. The zero-order chi connectivity index (χ0) is 22.8. The van der Waals surface area contributed by atoms with Gasteiger partial charge in [0, 0.05) is 42.6 Å². The van der Waals surface area contributed by atoms with Crippen LogP contribution in [-0.4, -0.2) is 52.2 Å². The average Bonchev–Trinajstić information content (AvgIpc) is 3.51. The molecule has 4 nitrogen and oxygen atoms in total. The molecule has 0 spiro atoms. The first-order chi connectivity index (χ1) is 14.8. The van der Waals surface area contributed by atoms with Gasteiger partial charge < -0.3 is 15.7 Å². The summed E-state index contributed by atoms with van der Waals surface area (Å²) in [4.78, 5) is 14.6. The molecule has 0 heterocycles. The molecular formula is C24H38F2N2O2S. The van der Waals surface area contributed by atoms with Crippen molar-refractivity contribution in [3.63, 3.8) is 0 Å².